The van der Waals surface area contributed by atoms with E-state index < -0.39 is 0 Å². The molecule has 18 rings (SSSR count). The molecule has 0 aliphatic heterocycles. The van der Waals surface area contributed by atoms with Gasteiger partial charge in [-0.2, -0.15) is 4.57 Å². The summed E-state index contributed by atoms with van der Waals surface area (Å²) in [6, 6.07) is 89.4. The van der Waals surface area contributed by atoms with E-state index in [0.717, 1.165) is 0 Å². The van der Waals surface area contributed by atoms with Crippen LogP contribution in [0.25, 0.3) is 132 Å². The van der Waals surface area contributed by atoms with Crippen LogP contribution in [0, 0.1) is 125 Å². The summed E-state index contributed by atoms with van der Waals surface area (Å²) in [6.45, 7) is 55.3. The van der Waals surface area contributed by atoms with E-state index in [2.05, 4.69) is 516 Å². The van der Waals surface area contributed by atoms with Crippen LogP contribution in [-0.2, 0) is 47.7 Å². The second-order valence-corrected chi connectivity index (χ2v) is 39.1. The lowest BCUT2D eigenvalue weighted by Crippen LogP contribution is -2.33. The summed E-state index contributed by atoms with van der Waals surface area (Å²) in [6.07, 6.45) is 10.8. The zero-order chi connectivity index (χ0) is 93.9. The van der Waals surface area contributed by atoms with E-state index in [1.54, 1.807) is 0 Å². The quantitative estimate of drug-likeness (QED) is 0.135. The smallest absolute Gasteiger partial charge is 0.200 e. The zero-order valence-electron chi connectivity index (χ0n) is 83.8. The average molecular weight is 1710 g/mol. The number of aromatic nitrogens is 6. The van der Waals surface area contributed by atoms with Gasteiger partial charge in [0.1, 0.15) is 42.3 Å². The first-order valence-electron chi connectivity index (χ1n) is 46.6. The Bertz CT molecular complexity index is 7360. The summed E-state index contributed by atoms with van der Waals surface area (Å²) in [5, 5.41) is 14.5. The Morgan fingerprint density at radius 2 is 0.546 bits per heavy atom. The Balaban J connectivity index is 0.000000133. The van der Waals surface area contributed by atoms with Gasteiger partial charge < -0.3 is 0 Å². The lowest BCUT2D eigenvalue weighted by atomic mass is 9.83. The second kappa shape index (κ2) is 39.6. The number of rotatable bonds is 8. The van der Waals surface area contributed by atoms with Gasteiger partial charge in [-0.25, -0.2) is 22.8 Å². The molecule has 0 N–H and O–H groups in total. The van der Waals surface area contributed by atoms with Crippen LogP contribution in [0.2, 0.25) is 0 Å². The van der Waals surface area contributed by atoms with Crippen molar-refractivity contribution in [3.05, 3.63) is 390 Å². The molecule has 0 amide bonds. The number of aryl methyl sites for hydroxylation is 20. The van der Waals surface area contributed by atoms with E-state index in [4.69, 9.17) is 0 Å². The second-order valence-electron chi connectivity index (χ2n) is 39.1. The first-order chi connectivity index (χ1) is 61.6. The molecule has 18 aromatic rings. The summed E-state index contributed by atoms with van der Waals surface area (Å²) in [5.74, 6) is 1.04. The molecule has 0 spiro atoms. The fourth-order valence-electron chi connectivity index (χ4n) is 18.8. The highest BCUT2D eigenvalue weighted by molar-refractivity contribution is 5.99. The lowest BCUT2D eigenvalue weighted by Gasteiger charge is -2.22. The Hall–Kier alpha value is -12.9. The molecule has 0 atom stereocenters. The molecule has 6 heteroatoms. The van der Waals surface area contributed by atoms with Gasteiger partial charge in [0.2, 0.25) is 39.7 Å². The minimum atomic E-state index is 0.146. The molecule has 0 aliphatic rings. The summed E-state index contributed by atoms with van der Waals surface area (Å²) in [4.78, 5) is 0. The molecule has 130 heavy (non-hydrogen) atoms. The van der Waals surface area contributed by atoms with Crippen LogP contribution in [0.5, 0.6) is 0 Å². The molecule has 0 bridgehead atoms. The maximum atomic E-state index is 2.39. The van der Waals surface area contributed by atoms with Gasteiger partial charge in [-0.15, -0.1) is 0 Å². The van der Waals surface area contributed by atoms with Gasteiger partial charge in [0, 0.05) is 64.5 Å². The molecular weight excluding hydrogens is 1570 g/mol. The molecule has 0 aliphatic carbocycles. The number of hydrogen-bond donors (Lipinski definition) is 0. The van der Waals surface area contributed by atoms with Crippen molar-refractivity contribution in [2.75, 3.05) is 0 Å². The van der Waals surface area contributed by atoms with E-state index in [9.17, 15) is 0 Å². The molecule has 6 nitrogen and oxygen atoms in total. The normalized spacial score (nSPS) is 11.3. The number of benzene rings is 12. The van der Waals surface area contributed by atoms with Crippen LogP contribution in [0.15, 0.2) is 274 Å². The van der Waals surface area contributed by atoms with E-state index in [1.807, 2.05) is 0 Å². The van der Waals surface area contributed by atoms with Crippen molar-refractivity contribution in [2.45, 2.75) is 190 Å². The van der Waals surface area contributed by atoms with Gasteiger partial charge in [-0.1, -0.05) is 220 Å². The predicted molar refractivity (Wildman–Crippen MR) is 556 cm³/mol. The first kappa shape index (κ1) is 94.7. The Kier molecular flexibility index (Phi) is 28.8. The van der Waals surface area contributed by atoms with Crippen LogP contribution in [0.1, 0.15) is 177 Å². The van der Waals surface area contributed by atoms with Crippen molar-refractivity contribution < 1.29 is 27.4 Å². The molecule has 0 saturated carbocycles. The number of nitrogens with zero attached hydrogens (tertiary/aromatic N) is 6. The highest BCUT2D eigenvalue weighted by atomic mass is 15.0. The molecule has 660 valence electrons. The van der Waals surface area contributed by atoms with Crippen LogP contribution in [0.3, 0.4) is 0 Å². The third kappa shape index (κ3) is 20.5. The van der Waals surface area contributed by atoms with E-state index in [-0.39, 0.29) is 5.41 Å². The molecular formula is C124H140N6+6. The highest BCUT2D eigenvalue weighted by Crippen LogP contribution is 2.40. The molecule has 6 aromatic heterocycles. The van der Waals surface area contributed by atoms with Crippen molar-refractivity contribution in [1.82, 2.24) is 0 Å². The van der Waals surface area contributed by atoms with Crippen LogP contribution in [-0.4, -0.2) is 0 Å². The molecule has 0 saturated heterocycles. The molecule has 0 fully saturated rings. The summed E-state index contributed by atoms with van der Waals surface area (Å²) >= 11 is 0. The molecule has 6 heterocycles. The fraction of sp³-hybridized carbons (Fsp3) is 0.274. The van der Waals surface area contributed by atoms with Gasteiger partial charge in [0.15, 0.2) is 31.0 Å². The predicted octanol–water partition coefficient (Wildman–Crippen LogP) is 29.1. The topological polar surface area (TPSA) is 23.3 Å². The Morgan fingerprint density at radius 3 is 0.946 bits per heavy atom. The Morgan fingerprint density at radius 1 is 0.231 bits per heavy atom. The summed E-state index contributed by atoms with van der Waals surface area (Å²) in [7, 11) is 12.8. The number of fused-ring (bicyclic) bond motifs is 6. The molecule has 12 aromatic carbocycles. The first-order valence-corrected chi connectivity index (χ1v) is 46.6. The SMILES string of the molecule is Cc1cc(C)c(C)c(-c2c3ccc(C)cc3cc[n+]2C)c1.Cc1cc(C)c(C)c(-c2cc(C(C)C)c3ccccc3[n+]2C)c1.Cc1ccc(C)c(-c2c3ccc(C)cc3cc[n+]2C)c1.Cc1ccc2c(-c3cc(C(C)(C)C)cc(C)c3C)[n+](C)ccc2c1.Cc1ccc2c(-c3cc(C(C)C)cc(C)c3C)[n+](C)ccc2c1.Cc1ccc2c(-c3ccccc3C)[n+](C)ccc2c1. The van der Waals surface area contributed by atoms with Gasteiger partial charge in [-0.3, -0.25) is 0 Å². The molecule has 0 radical (unpaired) electrons. The van der Waals surface area contributed by atoms with E-state index >= 15 is 0 Å². The minimum Gasteiger partial charge on any atom is -0.200 e. The third-order valence-corrected chi connectivity index (χ3v) is 26.9. The number of para-hydroxylation sites is 1. The van der Waals surface area contributed by atoms with Crippen LogP contribution >= 0.6 is 0 Å². The maximum absolute atomic E-state index is 2.39. The third-order valence-electron chi connectivity index (χ3n) is 26.9. The zero-order valence-corrected chi connectivity index (χ0v) is 83.8. The average Bonchev–Trinajstić information content (AvgIpc) is 0.776. The van der Waals surface area contributed by atoms with Crippen molar-refractivity contribution in [2.24, 2.45) is 42.3 Å². The summed E-state index contributed by atoms with van der Waals surface area (Å²) < 4.78 is 13.5. The highest BCUT2D eigenvalue weighted by Gasteiger charge is 2.28. The van der Waals surface area contributed by atoms with Crippen molar-refractivity contribution >= 4 is 64.8 Å². The van der Waals surface area contributed by atoms with Gasteiger partial charge in [-0.05, 0) is 314 Å². The van der Waals surface area contributed by atoms with Crippen LogP contribution in [0.4, 0.5) is 0 Å². The van der Waals surface area contributed by atoms with Gasteiger partial charge in [0.05, 0.1) is 43.6 Å². The Labute approximate surface area is 777 Å². The minimum absolute atomic E-state index is 0.146. The number of pyridine rings is 6. The largest absolute Gasteiger partial charge is 0.220 e. The van der Waals surface area contributed by atoms with Gasteiger partial charge >= 0.3 is 0 Å². The van der Waals surface area contributed by atoms with Gasteiger partial charge in [0.25, 0.3) is 0 Å². The van der Waals surface area contributed by atoms with Crippen LogP contribution < -0.4 is 27.4 Å². The standard InChI is InChI=1S/C23H28N.2C22H26N.C20H22N.C19H20N.C18H18N/c1-15-8-9-20-18(12-15)10-11-24(7)22(20)21-14-19(23(4,5)6)13-16(2)17(21)3;1-14(2)19-12-16(4)17(5)21(13-19)22-20-8-7-15(3)11-18(20)9-10-23(22)6;1-14(2)19-13-22(20-12-15(3)11-16(4)17(20)5)23(6)21-10-8-7-9-18(19)21;1-13-6-7-18-17(11-13)8-9-21(5)20(18)19-12-14(2)10-15(3)16(19)4;1-13-6-8-17-16(11-13)9-10-20(4)19(17)18-12-14(2)5-7-15(18)3;1-13-8-9-17-15(12-13)10-11-19(3)18(17)16-7-5-4-6-14(16)2/h8-14H,1-7H3;2*7-14H,1-6H3;6-12H,1-5H3;5-12H,1-4H3;4-12H,1-3H3/q6*+1. The van der Waals surface area contributed by atoms with E-state index in [1.165, 1.54) is 249 Å². The fourth-order valence-corrected chi connectivity index (χ4v) is 18.8. The van der Waals surface area contributed by atoms with Crippen molar-refractivity contribution in [3.63, 3.8) is 0 Å². The summed E-state index contributed by atoms with van der Waals surface area (Å²) in [5.41, 5.74) is 45.5. The number of hydrogen-bond acceptors (Lipinski definition) is 0. The monoisotopic (exact) mass is 1710 g/mol. The van der Waals surface area contributed by atoms with Crippen molar-refractivity contribution in [3.8, 4) is 67.5 Å². The lowest BCUT2D eigenvalue weighted by molar-refractivity contribution is -0.659. The maximum Gasteiger partial charge on any atom is 0.220 e. The molecule has 0 unspecified atom stereocenters. The van der Waals surface area contributed by atoms with E-state index in [0.29, 0.717) is 11.8 Å². The van der Waals surface area contributed by atoms with Crippen molar-refractivity contribution in [1.29, 1.82) is 0 Å².